The summed E-state index contributed by atoms with van der Waals surface area (Å²) < 4.78 is 73.1. The molecule has 0 aliphatic rings. The number of benzene rings is 3. The highest BCUT2D eigenvalue weighted by Crippen LogP contribution is 2.37. The van der Waals surface area contributed by atoms with E-state index in [1.54, 1.807) is 24.3 Å². The van der Waals surface area contributed by atoms with Crippen LogP contribution < -0.4 is 10.3 Å². The molecule has 0 saturated carbocycles. The number of unbranched alkanes of at least 4 members (excludes halogenated alkanes) is 1. The van der Waals surface area contributed by atoms with Gasteiger partial charge in [-0.25, -0.2) is 18.5 Å². The molecule has 224 valence electrons. The van der Waals surface area contributed by atoms with Crippen molar-refractivity contribution >= 4 is 20.7 Å². The van der Waals surface area contributed by atoms with Crippen LogP contribution in [0.2, 0.25) is 0 Å². The van der Waals surface area contributed by atoms with Gasteiger partial charge in [0.05, 0.1) is 27.9 Å². The third-order valence-electron chi connectivity index (χ3n) is 6.86. The number of nitrogens with one attached hydrogen (secondary N) is 1. The first-order chi connectivity index (χ1) is 20.5. The third-order valence-corrected chi connectivity index (χ3v) is 7.97. The van der Waals surface area contributed by atoms with Crippen LogP contribution in [0.15, 0.2) is 76.4 Å². The lowest BCUT2D eigenvalue weighted by molar-refractivity contribution is -0.138. The molecule has 2 heterocycles. The number of hydrogen-bond donors (Lipinski definition) is 1. The van der Waals surface area contributed by atoms with Crippen molar-refractivity contribution in [3.05, 3.63) is 105 Å². The van der Waals surface area contributed by atoms with Crippen LogP contribution >= 0.6 is 0 Å². The number of hydrogen-bond acceptors (Lipinski definition) is 8. The van der Waals surface area contributed by atoms with Crippen molar-refractivity contribution in [2.24, 2.45) is 0 Å². The molecular formula is C29H27F3N6O4S. The van der Waals surface area contributed by atoms with E-state index in [0.717, 1.165) is 25.2 Å². The van der Waals surface area contributed by atoms with Crippen molar-refractivity contribution < 1.29 is 26.3 Å². The Morgan fingerprint density at radius 1 is 1.05 bits per heavy atom. The fourth-order valence-corrected chi connectivity index (χ4v) is 5.33. The van der Waals surface area contributed by atoms with Crippen LogP contribution in [0.5, 0.6) is 5.75 Å². The molecule has 5 aromatic rings. The van der Waals surface area contributed by atoms with Crippen LogP contribution in [0.4, 0.5) is 13.2 Å². The number of tetrazole rings is 1. The van der Waals surface area contributed by atoms with E-state index in [0.29, 0.717) is 23.3 Å². The summed E-state index contributed by atoms with van der Waals surface area (Å²) in [5.74, 6) is 0.798. The highest BCUT2D eigenvalue weighted by atomic mass is 32.2. The van der Waals surface area contributed by atoms with Crippen LogP contribution in [0.25, 0.3) is 10.9 Å². The smallest absolute Gasteiger partial charge is 0.416 e. The number of alkyl halides is 3. The lowest BCUT2D eigenvalue weighted by atomic mass is 10.0. The van der Waals surface area contributed by atoms with Gasteiger partial charge in [-0.1, -0.05) is 43.7 Å². The Balaban J connectivity index is 1.48. The molecule has 1 unspecified atom stereocenters. The largest absolute Gasteiger partial charge is 0.478 e. The summed E-state index contributed by atoms with van der Waals surface area (Å²) in [5, 5.41) is 13.4. The van der Waals surface area contributed by atoms with Gasteiger partial charge in [-0.15, -0.1) is 5.10 Å². The van der Waals surface area contributed by atoms with Gasteiger partial charge in [-0.3, -0.25) is 9.36 Å². The number of aromatic amines is 1. The van der Waals surface area contributed by atoms with Gasteiger partial charge in [-0.2, -0.15) is 13.2 Å². The molecule has 0 saturated heterocycles. The molecule has 0 bridgehead atoms. The highest BCUT2D eigenvalue weighted by molar-refractivity contribution is 7.90. The van der Waals surface area contributed by atoms with Crippen LogP contribution in [-0.4, -0.2) is 44.8 Å². The van der Waals surface area contributed by atoms with E-state index in [9.17, 15) is 26.4 Å². The highest BCUT2D eigenvalue weighted by Gasteiger charge is 2.37. The molecule has 0 aliphatic carbocycles. The zero-order valence-electron chi connectivity index (χ0n) is 23.2. The maximum atomic E-state index is 13.8. The number of rotatable bonds is 10. The number of ether oxygens (including phenoxy) is 1. The molecule has 43 heavy (non-hydrogen) atoms. The summed E-state index contributed by atoms with van der Waals surface area (Å²) in [6, 6.07) is 15.9. The van der Waals surface area contributed by atoms with Crippen molar-refractivity contribution in [3.63, 3.8) is 0 Å². The van der Waals surface area contributed by atoms with Crippen LogP contribution in [0, 0.1) is 0 Å². The molecule has 0 radical (unpaired) electrons. The number of nitrogens with zero attached hydrogens (tertiary/aromatic N) is 5. The molecule has 14 heteroatoms. The monoisotopic (exact) mass is 612 g/mol. The number of halogens is 3. The maximum absolute atomic E-state index is 13.8. The third kappa shape index (κ3) is 6.58. The average molecular weight is 613 g/mol. The second-order valence-electron chi connectivity index (χ2n) is 9.99. The van der Waals surface area contributed by atoms with Crippen molar-refractivity contribution in [3.8, 4) is 5.75 Å². The van der Waals surface area contributed by atoms with Gasteiger partial charge in [-0.05, 0) is 58.8 Å². The summed E-state index contributed by atoms with van der Waals surface area (Å²) in [5.41, 5.74) is -0.310. The van der Waals surface area contributed by atoms with E-state index < -0.39 is 27.7 Å². The molecule has 1 N–H and O–H groups in total. The van der Waals surface area contributed by atoms with Crippen molar-refractivity contribution in [2.75, 3.05) is 6.26 Å². The van der Waals surface area contributed by atoms with Gasteiger partial charge in [0.1, 0.15) is 11.6 Å². The molecule has 0 aliphatic heterocycles. The topological polar surface area (TPSA) is 133 Å². The Bertz CT molecular complexity index is 1910. The average Bonchev–Trinajstić information content (AvgIpc) is 3.51. The Morgan fingerprint density at radius 3 is 2.44 bits per heavy atom. The Kier molecular flexibility index (Phi) is 8.31. The Labute approximate surface area is 244 Å². The summed E-state index contributed by atoms with van der Waals surface area (Å²) in [4.78, 5) is 18.3. The fraction of sp³-hybridized carbons (Fsp3) is 0.276. The first kappa shape index (κ1) is 29.9. The molecule has 3 aromatic carbocycles. The Hall–Kier alpha value is -4.59. The number of aromatic nitrogens is 6. The quantitative estimate of drug-likeness (QED) is 0.236. The molecule has 2 aromatic heterocycles. The summed E-state index contributed by atoms with van der Waals surface area (Å²) >= 11 is 0. The van der Waals surface area contributed by atoms with E-state index in [1.807, 2.05) is 6.92 Å². The van der Waals surface area contributed by atoms with Gasteiger partial charge in [0.15, 0.2) is 21.8 Å². The molecule has 1 atom stereocenters. The molecular weight excluding hydrogens is 585 g/mol. The van der Waals surface area contributed by atoms with Gasteiger partial charge in [0, 0.05) is 18.2 Å². The molecule has 5 rings (SSSR count). The van der Waals surface area contributed by atoms with E-state index in [-0.39, 0.29) is 39.5 Å². The predicted molar refractivity (Wildman–Crippen MR) is 151 cm³/mol. The SMILES string of the molecule is CCCCc1nc2ccc(S(C)(=O)=O)cc2c(=O)n1Cc1ccc(OC(c2nnn[nH]2)c2ccccc2C(F)(F)F)cc1. The number of aryl methyl sites for hydroxylation is 1. The van der Waals surface area contributed by atoms with Crippen LogP contribution in [0.1, 0.15) is 54.2 Å². The minimum atomic E-state index is -4.63. The minimum Gasteiger partial charge on any atom is -0.478 e. The second kappa shape index (κ2) is 12.0. The minimum absolute atomic E-state index is 0.0106. The summed E-state index contributed by atoms with van der Waals surface area (Å²) in [7, 11) is -3.54. The standard InChI is InChI=1S/C29H27F3N6O4S/c1-3-4-9-25-33-24-15-14-20(43(2,40)41)16-22(24)28(39)38(25)17-18-10-12-19(13-11-18)42-26(27-34-36-37-35-27)21-7-5-6-8-23(21)29(30,31)32/h5-8,10-16,26H,3-4,9,17H2,1-2H3,(H,34,35,36,37). The second-order valence-corrected chi connectivity index (χ2v) is 12.0. The van der Waals surface area contributed by atoms with Gasteiger partial charge in [0.2, 0.25) is 0 Å². The summed E-state index contributed by atoms with van der Waals surface area (Å²) in [6.45, 7) is 2.16. The molecule has 0 amide bonds. The van der Waals surface area contributed by atoms with Crippen molar-refractivity contribution in [1.29, 1.82) is 0 Å². The van der Waals surface area contributed by atoms with Gasteiger partial charge >= 0.3 is 6.18 Å². The van der Waals surface area contributed by atoms with Gasteiger partial charge < -0.3 is 4.74 Å². The first-order valence-electron chi connectivity index (χ1n) is 13.3. The normalized spacial score (nSPS) is 12.9. The van der Waals surface area contributed by atoms with Crippen LogP contribution in [0.3, 0.4) is 0 Å². The fourth-order valence-electron chi connectivity index (χ4n) is 4.69. The van der Waals surface area contributed by atoms with E-state index >= 15 is 0 Å². The van der Waals surface area contributed by atoms with Crippen molar-refractivity contribution in [1.82, 2.24) is 30.2 Å². The predicted octanol–water partition coefficient (Wildman–Crippen LogP) is 4.89. The van der Waals surface area contributed by atoms with E-state index in [2.05, 4.69) is 25.6 Å². The lowest BCUT2D eigenvalue weighted by Gasteiger charge is -2.21. The maximum Gasteiger partial charge on any atom is 0.416 e. The zero-order valence-corrected chi connectivity index (χ0v) is 24.0. The zero-order chi connectivity index (χ0) is 30.8. The van der Waals surface area contributed by atoms with Crippen LogP contribution in [-0.2, 0) is 29.0 Å². The van der Waals surface area contributed by atoms with Gasteiger partial charge in [0.25, 0.3) is 5.56 Å². The van der Waals surface area contributed by atoms with Crippen molar-refractivity contribution in [2.45, 2.75) is 49.9 Å². The number of sulfone groups is 1. The lowest BCUT2D eigenvalue weighted by Crippen LogP contribution is -2.26. The van der Waals surface area contributed by atoms with E-state index in [1.165, 1.54) is 41.0 Å². The molecule has 0 spiro atoms. The van der Waals surface area contributed by atoms with E-state index in [4.69, 9.17) is 4.74 Å². The molecule has 10 nitrogen and oxygen atoms in total. The first-order valence-corrected chi connectivity index (χ1v) is 15.2. The number of H-pyrrole nitrogens is 1. The Morgan fingerprint density at radius 2 is 1.79 bits per heavy atom. The molecule has 0 fully saturated rings. The summed E-state index contributed by atoms with van der Waals surface area (Å²) in [6.07, 6.45) is -2.62. The number of fused-ring (bicyclic) bond motifs is 1.